The van der Waals surface area contributed by atoms with Crippen LogP contribution in [0.15, 0.2) is 61.1 Å². The number of benzene rings is 1. The minimum absolute atomic E-state index is 0.0530. The fourth-order valence-electron chi connectivity index (χ4n) is 2.72. The number of pyridine rings is 1. The highest BCUT2D eigenvalue weighted by Crippen LogP contribution is 2.21. The number of rotatable bonds is 10. The Morgan fingerprint density at radius 2 is 1.96 bits per heavy atom. The van der Waals surface area contributed by atoms with E-state index in [1.54, 1.807) is 6.20 Å². The summed E-state index contributed by atoms with van der Waals surface area (Å²) in [7, 11) is 0. The summed E-state index contributed by atoms with van der Waals surface area (Å²) >= 11 is 0. The molecule has 6 nitrogen and oxygen atoms in total. The average molecular weight is 352 g/mol. The first-order valence-electron chi connectivity index (χ1n) is 8.77. The molecule has 0 spiro atoms. The summed E-state index contributed by atoms with van der Waals surface area (Å²) in [6.07, 6.45) is 5.68. The second-order valence-electron chi connectivity index (χ2n) is 5.94. The van der Waals surface area contributed by atoms with Gasteiger partial charge in [0.2, 0.25) is 0 Å². The van der Waals surface area contributed by atoms with Crippen LogP contribution in [0.3, 0.4) is 0 Å². The maximum Gasteiger partial charge on any atom is 0.0983 e. The van der Waals surface area contributed by atoms with Crippen molar-refractivity contribution in [2.75, 3.05) is 26.4 Å². The van der Waals surface area contributed by atoms with E-state index >= 15 is 0 Å². The van der Waals surface area contributed by atoms with Crippen molar-refractivity contribution in [2.45, 2.75) is 13.1 Å². The van der Waals surface area contributed by atoms with Crippen LogP contribution in [0.5, 0.6) is 0 Å². The molecule has 0 bridgehead atoms. The zero-order valence-corrected chi connectivity index (χ0v) is 14.7. The van der Waals surface area contributed by atoms with Gasteiger partial charge >= 0.3 is 0 Å². The third kappa shape index (κ3) is 5.23. The number of aromatic nitrogens is 3. The van der Waals surface area contributed by atoms with Crippen molar-refractivity contribution in [3.8, 4) is 11.3 Å². The molecular weight excluding hydrogens is 328 g/mol. The highest BCUT2D eigenvalue weighted by atomic mass is 16.5. The van der Waals surface area contributed by atoms with E-state index < -0.39 is 0 Å². The summed E-state index contributed by atoms with van der Waals surface area (Å²) in [5.74, 6) is 0. The van der Waals surface area contributed by atoms with Crippen LogP contribution >= 0.6 is 0 Å². The van der Waals surface area contributed by atoms with E-state index in [1.165, 1.54) is 5.56 Å². The van der Waals surface area contributed by atoms with Crippen LogP contribution in [0, 0.1) is 0 Å². The Morgan fingerprint density at radius 3 is 2.73 bits per heavy atom. The van der Waals surface area contributed by atoms with E-state index in [9.17, 15) is 0 Å². The molecule has 2 heterocycles. The second-order valence-corrected chi connectivity index (χ2v) is 5.94. The normalized spacial score (nSPS) is 11.0. The van der Waals surface area contributed by atoms with Crippen molar-refractivity contribution in [3.05, 3.63) is 72.2 Å². The lowest BCUT2D eigenvalue weighted by Crippen LogP contribution is -2.20. The molecule has 0 saturated carbocycles. The van der Waals surface area contributed by atoms with Gasteiger partial charge in [0.1, 0.15) is 0 Å². The number of aliphatic hydroxyl groups is 1. The summed E-state index contributed by atoms with van der Waals surface area (Å²) in [5, 5.41) is 16.9. The molecule has 0 unspecified atom stereocenters. The van der Waals surface area contributed by atoms with Crippen molar-refractivity contribution < 1.29 is 9.84 Å². The van der Waals surface area contributed by atoms with Gasteiger partial charge in [0.05, 0.1) is 32.1 Å². The van der Waals surface area contributed by atoms with Gasteiger partial charge in [0.25, 0.3) is 0 Å². The molecule has 26 heavy (non-hydrogen) atoms. The number of aliphatic hydroxyl groups excluding tert-OH is 1. The minimum Gasteiger partial charge on any atom is -0.394 e. The van der Waals surface area contributed by atoms with Crippen LogP contribution in [-0.4, -0.2) is 46.2 Å². The summed E-state index contributed by atoms with van der Waals surface area (Å²) in [6, 6.07) is 14.2. The molecule has 2 aromatic heterocycles. The van der Waals surface area contributed by atoms with Gasteiger partial charge in [0.15, 0.2) is 0 Å². The van der Waals surface area contributed by atoms with Gasteiger partial charge in [-0.3, -0.25) is 9.67 Å². The molecule has 6 heteroatoms. The van der Waals surface area contributed by atoms with Gasteiger partial charge in [-0.15, -0.1) is 0 Å². The largest absolute Gasteiger partial charge is 0.394 e. The van der Waals surface area contributed by atoms with Crippen molar-refractivity contribution in [1.29, 1.82) is 0 Å². The number of hydrogen-bond acceptors (Lipinski definition) is 5. The van der Waals surface area contributed by atoms with E-state index in [2.05, 4.69) is 28.6 Å². The van der Waals surface area contributed by atoms with Crippen LogP contribution in [0.2, 0.25) is 0 Å². The highest BCUT2D eigenvalue weighted by Gasteiger charge is 2.11. The standard InChI is InChI=1S/C20H24N4O2/c25-10-12-26-11-9-22-14-19-16-24(15-17-5-2-1-3-6-17)23-20(19)18-7-4-8-21-13-18/h1-8,13,16,22,25H,9-12,14-15H2. The van der Waals surface area contributed by atoms with E-state index in [4.69, 9.17) is 14.9 Å². The first kappa shape index (κ1) is 18.3. The van der Waals surface area contributed by atoms with Crippen molar-refractivity contribution in [3.63, 3.8) is 0 Å². The molecule has 2 N–H and O–H groups in total. The number of nitrogens with one attached hydrogen (secondary N) is 1. The predicted octanol–water partition coefficient (Wildman–Crippen LogP) is 2.09. The number of hydrogen-bond donors (Lipinski definition) is 2. The van der Waals surface area contributed by atoms with Crippen molar-refractivity contribution >= 4 is 0 Å². The van der Waals surface area contributed by atoms with E-state index in [0.717, 1.165) is 29.9 Å². The van der Waals surface area contributed by atoms with Gasteiger partial charge in [-0.1, -0.05) is 30.3 Å². The van der Waals surface area contributed by atoms with Crippen molar-refractivity contribution in [1.82, 2.24) is 20.1 Å². The van der Waals surface area contributed by atoms with Crippen LogP contribution in [0.1, 0.15) is 11.1 Å². The van der Waals surface area contributed by atoms with Crippen LogP contribution in [0.25, 0.3) is 11.3 Å². The molecule has 0 radical (unpaired) electrons. The quantitative estimate of drug-likeness (QED) is 0.547. The Kier molecular flexibility index (Phi) is 6.89. The summed E-state index contributed by atoms with van der Waals surface area (Å²) in [4.78, 5) is 4.21. The van der Waals surface area contributed by atoms with Gasteiger partial charge in [-0.2, -0.15) is 5.10 Å². The molecule has 0 aliphatic carbocycles. The molecule has 1 aromatic carbocycles. The zero-order chi connectivity index (χ0) is 18.0. The molecule has 0 aliphatic rings. The second kappa shape index (κ2) is 9.82. The van der Waals surface area contributed by atoms with Gasteiger partial charge in [-0.05, 0) is 17.7 Å². The lowest BCUT2D eigenvalue weighted by atomic mass is 10.1. The molecule has 0 aliphatic heterocycles. The SMILES string of the molecule is OCCOCCNCc1cn(Cc2ccccc2)nc1-c1cccnc1. The Bertz CT molecular complexity index is 775. The third-order valence-corrected chi connectivity index (χ3v) is 3.93. The molecule has 0 fully saturated rings. The summed E-state index contributed by atoms with van der Waals surface area (Å²) in [5.41, 5.74) is 4.28. The Morgan fingerprint density at radius 1 is 1.08 bits per heavy atom. The fourth-order valence-corrected chi connectivity index (χ4v) is 2.72. The Hall–Kier alpha value is -2.54. The van der Waals surface area contributed by atoms with Crippen LogP contribution < -0.4 is 5.32 Å². The fraction of sp³-hybridized carbons (Fsp3) is 0.300. The number of ether oxygens (including phenoxy) is 1. The zero-order valence-electron chi connectivity index (χ0n) is 14.7. The first-order valence-corrected chi connectivity index (χ1v) is 8.77. The molecule has 3 aromatic rings. The topological polar surface area (TPSA) is 72.2 Å². The molecule has 0 atom stereocenters. The van der Waals surface area contributed by atoms with E-state index in [-0.39, 0.29) is 6.61 Å². The maximum atomic E-state index is 8.72. The van der Waals surface area contributed by atoms with Gasteiger partial charge < -0.3 is 15.2 Å². The van der Waals surface area contributed by atoms with E-state index in [1.807, 2.05) is 41.2 Å². The predicted molar refractivity (Wildman–Crippen MR) is 101 cm³/mol. The smallest absolute Gasteiger partial charge is 0.0983 e. The molecular formula is C20H24N4O2. The molecule has 3 rings (SSSR count). The average Bonchev–Trinajstić information content (AvgIpc) is 3.08. The van der Waals surface area contributed by atoms with Crippen LogP contribution in [0.4, 0.5) is 0 Å². The molecule has 136 valence electrons. The van der Waals surface area contributed by atoms with Crippen LogP contribution in [-0.2, 0) is 17.8 Å². The highest BCUT2D eigenvalue weighted by molar-refractivity contribution is 5.61. The third-order valence-electron chi connectivity index (χ3n) is 3.93. The monoisotopic (exact) mass is 352 g/mol. The molecule has 0 saturated heterocycles. The summed E-state index contributed by atoms with van der Waals surface area (Å²) in [6.45, 7) is 3.14. The van der Waals surface area contributed by atoms with Crippen molar-refractivity contribution in [2.24, 2.45) is 0 Å². The minimum atomic E-state index is 0.0530. The number of nitrogens with zero attached hydrogens (tertiary/aromatic N) is 3. The first-order chi connectivity index (χ1) is 12.9. The Balaban J connectivity index is 1.71. The summed E-state index contributed by atoms with van der Waals surface area (Å²) < 4.78 is 7.25. The Labute approximate surface area is 153 Å². The molecule has 0 amide bonds. The van der Waals surface area contributed by atoms with Gasteiger partial charge in [-0.25, -0.2) is 0 Å². The van der Waals surface area contributed by atoms with Gasteiger partial charge in [0, 0.05) is 42.8 Å². The maximum absolute atomic E-state index is 8.72. The lowest BCUT2D eigenvalue weighted by Gasteiger charge is -2.05. The van der Waals surface area contributed by atoms with E-state index in [0.29, 0.717) is 19.8 Å². The lowest BCUT2D eigenvalue weighted by molar-refractivity contribution is 0.0938.